The lowest BCUT2D eigenvalue weighted by molar-refractivity contribution is -0.136. The number of aryl methyl sites for hydroxylation is 1. The lowest BCUT2D eigenvalue weighted by Gasteiger charge is -1.99. The fourth-order valence-corrected chi connectivity index (χ4v) is 2.87. The Kier molecular flexibility index (Phi) is 4.11. The number of thiophene rings is 1. The summed E-state index contributed by atoms with van der Waals surface area (Å²) in [5, 5.41) is 11.1. The molecule has 0 aliphatic heterocycles. The number of hydrogen-bond donors (Lipinski definition) is 2. The second-order valence-corrected chi connectivity index (χ2v) is 5.10. The zero-order valence-electron chi connectivity index (χ0n) is 10.5. The Balaban J connectivity index is 2.16. The number of carboxylic acid groups (broad SMARTS) is 1. The van der Waals surface area contributed by atoms with E-state index in [1.165, 1.54) is 16.9 Å². The van der Waals surface area contributed by atoms with Gasteiger partial charge in [-0.15, -0.1) is 11.3 Å². The summed E-state index contributed by atoms with van der Waals surface area (Å²) in [6.45, 7) is 2.19. The molecule has 0 unspecified atom stereocenters. The van der Waals surface area contributed by atoms with Gasteiger partial charge in [0.25, 0.3) is 5.91 Å². The van der Waals surface area contributed by atoms with Crippen molar-refractivity contribution in [3.8, 4) is 0 Å². The fraction of sp³-hybridized carbons (Fsp3) is 0.308. The highest BCUT2D eigenvalue weighted by Crippen LogP contribution is 2.27. The molecule has 0 aromatic carbocycles. The van der Waals surface area contributed by atoms with Crippen molar-refractivity contribution in [1.29, 1.82) is 0 Å². The van der Waals surface area contributed by atoms with Gasteiger partial charge in [0.1, 0.15) is 0 Å². The van der Waals surface area contributed by atoms with E-state index in [0.717, 1.165) is 16.6 Å². The van der Waals surface area contributed by atoms with Crippen LogP contribution in [0.1, 0.15) is 28.6 Å². The van der Waals surface area contributed by atoms with Crippen molar-refractivity contribution in [2.24, 2.45) is 0 Å². The Labute approximate surface area is 114 Å². The molecule has 19 heavy (non-hydrogen) atoms. The van der Waals surface area contributed by atoms with Crippen molar-refractivity contribution in [2.45, 2.75) is 19.8 Å². The largest absolute Gasteiger partial charge is 0.481 e. The lowest BCUT2D eigenvalue weighted by atomic mass is 10.2. The van der Waals surface area contributed by atoms with Gasteiger partial charge in [-0.3, -0.25) is 14.6 Å². The number of carbonyl (C=O) groups is 2. The minimum absolute atomic E-state index is 0.0743. The van der Waals surface area contributed by atoms with E-state index in [1.54, 1.807) is 12.3 Å². The Hall–Kier alpha value is -1.95. The van der Waals surface area contributed by atoms with Crippen LogP contribution >= 0.6 is 11.3 Å². The Morgan fingerprint density at radius 3 is 2.95 bits per heavy atom. The zero-order chi connectivity index (χ0) is 13.8. The van der Waals surface area contributed by atoms with Gasteiger partial charge in [0.15, 0.2) is 0 Å². The van der Waals surface area contributed by atoms with Gasteiger partial charge in [0.2, 0.25) is 0 Å². The van der Waals surface area contributed by atoms with E-state index in [4.69, 9.17) is 5.11 Å². The SMILES string of the molecule is CCc1ccnc2cc(C(=O)NCCC(=O)O)sc12. The maximum absolute atomic E-state index is 11.9. The molecule has 100 valence electrons. The molecule has 2 aromatic rings. The van der Waals surface area contributed by atoms with Crippen LogP contribution in [0.4, 0.5) is 0 Å². The molecule has 0 radical (unpaired) electrons. The van der Waals surface area contributed by atoms with E-state index < -0.39 is 5.97 Å². The summed E-state index contributed by atoms with van der Waals surface area (Å²) >= 11 is 1.39. The van der Waals surface area contributed by atoms with Crippen LogP contribution in [-0.2, 0) is 11.2 Å². The van der Waals surface area contributed by atoms with E-state index in [0.29, 0.717) is 4.88 Å². The van der Waals surface area contributed by atoms with Gasteiger partial charge in [0.05, 0.1) is 21.5 Å². The fourth-order valence-electron chi connectivity index (χ4n) is 1.75. The highest BCUT2D eigenvalue weighted by Gasteiger charge is 2.12. The minimum atomic E-state index is -0.924. The molecule has 2 heterocycles. The molecule has 6 heteroatoms. The zero-order valence-corrected chi connectivity index (χ0v) is 11.3. The Morgan fingerprint density at radius 1 is 1.47 bits per heavy atom. The summed E-state index contributed by atoms with van der Waals surface area (Å²) < 4.78 is 1.02. The van der Waals surface area contributed by atoms with Gasteiger partial charge in [0, 0.05) is 12.7 Å². The number of amides is 1. The van der Waals surface area contributed by atoms with Crippen molar-refractivity contribution in [1.82, 2.24) is 10.3 Å². The number of hydrogen-bond acceptors (Lipinski definition) is 4. The number of aromatic nitrogens is 1. The Morgan fingerprint density at radius 2 is 2.26 bits per heavy atom. The summed E-state index contributed by atoms with van der Waals surface area (Å²) in [6, 6.07) is 3.69. The highest BCUT2D eigenvalue weighted by molar-refractivity contribution is 7.21. The Bertz CT molecular complexity index is 621. The third-order valence-corrected chi connectivity index (χ3v) is 3.92. The van der Waals surface area contributed by atoms with Crippen LogP contribution in [0.25, 0.3) is 10.2 Å². The second-order valence-electron chi connectivity index (χ2n) is 4.05. The predicted molar refractivity (Wildman–Crippen MR) is 73.6 cm³/mol. The van der Waals surface area contributed by atoms with Crippen LogP contribution in [0.5, 0.6) is 0 Å². The predicted octanol–water partition coefficient (Wildman–Crippen LogP) is 2.06. The smallest absolute Gasteiger partial charge is 0.305 e. The normalized spacial score (nSPS) is 10.6. The van der Waals surface area contributed by atoms with Gasteiger partial charge < -0.3 is 10.4 Å². The molecular weight excluding hydrogens is 264 g/mol. The molecule has 0 fully saturated rings. The minimum Gasteiger partial charge on any atom is -0.481 e. The van der Waals surface area contributed by atoms with Gasteiger partial charge in [-0.1, -0.05) is 6.92 Å². The third kappa shape index (κ3) is 3.08. The first-order valence-electron chi connectivity index (χ1n) is 5.99. The number of rotatable bonds is 5. The van der Waals surface area contributed by atoms with Gasteiger partial charge in [-0.2, -0.15) is 0 Å². The maximum atomic E-state index is 11.9. The first kappa shape index (κ1) is 13.5. The van der Waals surface area contributed by atoms with Crippen LogP contribution < -0.4 is 5.32 Å². The van der Waals surface area contributed by atoms with Crippen LogP contribution in [0.15, 0.2) is 18.3 Å². The second kappa shape index (κ2) is 5.79. The molecule has 0 saturated carbocycles. The molecule has 1 amide bonds. The summed E-state index contributed by atoms with van der Waals surface area (Å²) in [5.74, 6) is -1.17. The van der Waals surface area contributed by atoms with E-state index in [2.05, 4.69) is 17.2 Å². The summed E-state index contributed by atoms with van der Waals surface area (Å²) in [6.07, 6.45) is 2.55. The standard InChI is InChI=1S/C13H14N2O3S/c1-2-8-3-5-14-9-7-10(19-12(8)9)13(18)15-6-4-11(16)17/h3,5,7H,2,4,6H2,1H3,(H,15,18)(H,16,17). The average molecular weight is 278 g/mol. The lowest BCUT2D eigenvalue weighted by Crippen LogP contribution is -2.25. The van der Waals surface area contributed by atoms with Gasteiger partial charge in [-0.25, -0.2) is 0 Å². The number of carboxylic acids is 1. The summed E-state index contributed by atoms with van der Waals surface area (Å²) in [7, 11) is 0. The van der Waals surface area contributed by atoms with Gasteiger partial charge in [-0.05, 0) is 24.1 Å². The summed E-state index contributed by atoms with van der Waals surface area (Å²) in [5.41, 5.74) is 1.98. The quantitative estimate of drug-likeness (QED) is 0.877. The van der Waals surface area contributed by atoms with Crippen molar-refractivity contribution >= 4 is 33.4 Å². The number of carbonyl (C=O) groups excluding carboxylic acids is 1. The molecule has 0 atom stereocenters. The molecule has 0 aliphatic carbocycles. The monoisotopic (exact) mass is 278 g/mol. The van der Waals surface area contributed by atoms with E-state index in [-0.39, 0.29) is 18.9 Å². The number of pyridine rings is 1. The van der Waals surface area contributed by atoms with Crippen molar-refractivity contribution < 1.29 is 14.7 Å². The first-order valence-corrected chi connectivity index (χ1v) is 6.81. The number of fused-ring (bicyclic) bond motifs is 1. The van der Waals surface area contributed by atoms with Crippen molar-refractivity contribution in [3.63, 3.8) is 0 Å². The molecule has 2 N–H and O–H groups in total. The third-order valence-electron chi connectivity index (χ3n) is 2.72. The molecular formula is C13H14N2O3S. The average Bonchev–Trinajstić information content (AvgIpc) is 2.81. The van der Waals surface area contributed by atoms with E-state index in [9.17, 15) is 9.59 Å². The maximum Gasteiger partial charge on any atom is 0.305 e. The van der Waals surface area contributed by atoms with Crippen molar-refractivity contribution in [3.05, 3.63) is 28.8 Å². The first-order chi connectivity index (χ1) is 9.11. The molecule has 5 nitrogen and oxygen atoms in total. The van der Waals surface area contributed by atoms with Crippen LogP contribution in [0, 0.1) is 0 Å². The number of nitrogens with one attached hydrogen (secondary N) is 1. The molecule has 0 aliphatic rings. The van der Waals surface area contributed by atoms with Crippen molar-refractivity contribution in [2.75, 3.05) is 6.54 Å². The van der Waals surface area contributed by atoms with E-state index in [1.807, 2.05) is 6.07 Å². The van der Waals surface area contributed by atoms with Crippen LogP contribution in [-0.4, -0.2) is 28.5 Å². The molecule has 0 bridgehead atoms. The van der Waals surface area contributed by atoms with E-state index >= 15 is 0 Å². The molecule has 0 saturated heterocycles. The van der Waals surface area contributed by atoms with Crippen LogP contribution in [0.3, 0.4) is 0 Å². The molecule has 2 aromatic heterocycles. The number of nitrogens with zero attached hydrogens (tertiary/aromatic N) is 1. The van der Waals surface area contributed by atoms with Crippen LogP contribution in [0.2, 0.25) is 0 Å². The topological polar surface area (TPSA) is 79.3 Å². The molecule has 0 spiro atoms. The number of aliphatic carboxylic acids is 1. The van der Waals surface area contributed by atoms with Gasteiger partial charge >= 0.3 is 5.97 Å². The highest BCUT2D eigenvalue weighted by atomic mass is 32.1. The molecule has 2 rings (SSSR count). The summed E-state index contributed by atoms with van der Waals surface area (Å²) in [4.78, 5) is 27.1.